The number of carbonyl (C=O) groups is 5. The highest BCUT2D eigenvalue weighted by atomic mass is 16.6. The smallest absolute Gasteiger partial charge is 0.414 e. The fourth-order valence-electron chi connectivity index (χ4n) is 7.14. The Labute approximate surface area is 298 Å². The lowest BCUT2D eigenvalue weighted by atomic mass is 10.0. The van der Waals surface area contributed by atoms with Gasteiger partial charge in [-0.1, -0.05) is 13.8 Å². The van der Waals surface area contributed by atoms with Crippen molar-refractivity contribution >= 4 is 52.8 Å². The second-order valence-corrected chi connectivity index (χ2v) is 14.7. The molecule has 5 atom stereocenters. The highest BCUT2D eigenvalue weighted by Crippen LogP contribution is 2.44. The van der Waals surface area contributed by atoms with Crippen LogP contribution in [0.3, 0.4) is 0 Å². The number of anilines is 4. The SMILES string of the molecule is CCC(C)N1C(=O)Cc2cc(N3CC(CN(C(=O)OC(C)(C)C)[C@H]4C(=O)N(C(C)CC)c5ccc(N6CC(CN)OC6=O)cc54)OC3=O)ccc21. The van der Waals surface area contributed by atoms with Crippen molar-refractivity contribution in [1.82, 2.24) is 4.90 Å². The minimum atomic E-state index is -1.13. The molecule has 0 aliphatic carbocycles. The molecule has 0 bridgehead atoms. The summed E-state index contributed by atoms with van der Waals surface area (Å²) in [6, 6.07) is 9.48. The normalized spacial score (nSPS) is 22.6. The van der Waals surface area contributed by atoms with Crippen LogP contribution < -0.4 is 25.3 Å². The summed E-state index contributed by atoms with van der Waals surface area (Å²) in [5, 5.41) is 0. The second-order valence-electron chi connectivity index (χ2n) is 14.7. The van der Waals surface area contributed by atoms with Crippen LogP contribution in [-0.4, -0.2) is 91.1 Å². The molecule has 14 heteroatoms. The molecule has 2 aromatic rings. The first-order valence-electron chi connectivity index (χ1n) is 17.7. The molecule has 2 saturated heterocycles. The van der Waals surface area contributed by atoms with E-state index in [1.165, 1.54) is 14.7 Å². The maximum absolute atomic E-state index is 14.4. The Morgan fingerprint density at radius 2 is 1.45 bits per heavy atom. The van der Waals surface area contributed by atoms with Crippen LogP contribution in [0, 0.1) is 0 Å². The van der Waals surface area contributed by atoms with Gasteiger partial charge in [0, 0.05) is 46.9 Å². The quantitative estimate of drug-likeness (QED) is 0.333. The first kappa shape index (κ1) is 36.0. The summed E-state index contributed by atoms with van der Waals surface area (Å²) in [5.41, 5.74) is 8.76. The Balaban J connectivity index is 1.32. The molecule has 14 nitrogen and oxygen atoms in total. The van der Waals surface area contributed by atoms with E-state index in [4.69, 9.17) is 19.9 Å². The fourth-order valence-corrected chi connectivity index (χ4v) is 7.14. The zero-order valence-electron chi connectivity index (χ0n) is 30.4. The van der Waals surface area contributed by atoms with Crippen LogP contribution in [0.4, 0.5) is 37.1 Å². The molecular formula is C37H48N6O8. The van der Waals surface area contributed by atoms with Crippen LogP contribution in [0.1, 0.15) is 78.5 Å². The summed E-state index contributed by atoms with van der Waals surface area (Å²) in [4.78, 5) is 75.2. The van der Waals surface area contributed by atoms with E-state index in [0.29, 0.717) is 29.0 Å². The summed E-state index contributed by atoms with van der Waals surface area (Å²) in [6.45, 7) is 13.5. The van der Waals surface area contributed by atoms with E-state index >= 15 is 0 Å². The average Bonchev–Trinajstić information content (AvgIpc) is 3.81. The van der Waals surface area contributed by atoms with Gasteiger partial charge in [-0.15, -0.1) is 0 Å². The van der Waals surface area contributed by atoms with Gasteiger partial charge >= 0.3 is 18.3 Å². The first-order valence-corrected chi connectivity index (χ1v) is 17.7. The molecule has 2 N–H and O–H groups in total. The third-order valence-electron chi connectivity index (χ3n) is 10.0. The first-order chi connectivity index (χ1) is 24.1. The van der Waals surface area contributed by atoms with Crippen molar-refractivity contribution in [3.8, 4) is 0 Å². The molecule has 5 amide bonds. The van der Waals surface area contributed by atoms with Gasteiger partial charge < -0.3 is 29.7 Å². The van der Waals surface area contributed by atoms with E-state index in [2.05, 4.69) is 0 Å². The number of nitrogens with zero attached hydrogens (tertiary/aromatic N) is 5. The Morgan fingerprint density at radius 3 is 2.04 bits per heavy atom. The Kier molecular flexibility index (Phi) is 9.66. The summed E-state index contributed by atoms with van der Waals surface area (Å²) < 4.78 is 17.1. The molecular weight excluding hydrogens is 656 g/mol. The summed E-state index contributed by atoms with van der Waals surface area (Å²) in [7, 11) is 0. The van der Waals surface area contributed by atoms with E-state index in [1.54, 1.807) is 54.8 Å². The Bertz CT molecular complexity index is 1740. The summed E-state index contributed by atoms with van der Waals surface area (Å²) in [6.07, 6.45) is -1.47. The highest BCUT2D eigenvalue weighted by Gasteiger charge is 2.48. The van der Waals surface area contributed by atoms with Crippen molar-refractivity contribution in [3.05, 3.63) is 47.5 Å². The van der Waals surface area contributed by atoms with Crippen molar-refractivity contribution in [2.24, 2.45) is 5.73 Å². The zero-order valence-corrected chi connectivity index (χ0v) is 30.4. The molecule has 4 heterocycles. The van der Waals surface area contributed by atoms with Gasteiger partial charge in [0.1, 0.15) is 23.9 Å². The number of hydrogen-bond donors (Lipinski definition) is 1. The van der Waals surface area contributed by atoms with Crippen molar-refractivity contribution in [1.29, 1.82) is 0 Å². The van der Waals surface area contributed by atoms with Crippen LogP contribution in [0.2, 0.25) is 0 Å². The zero-order chi connectivity index (χ0) is 36.9. The monoisotopic (exact) mass is 704 g/mol. The molecule has 2 aromatic carbocycles. The van der Waals surface area contributed by atoms with Gasteiger partial charge in [0.15, 0.2) is 0 Å². The van der Waals surface area contributed by atoms with E-state index in [9.17, 15) is 24.0 Å². The fraction of sp³-hybridized carbons (Fsp3) is 0.541. The van der Waals surface area contributed by atoms with Crippen LogP contribution in [0.25, 0.3) is 0 Å². The molecule has 0 saturated carbocycles. The van der Waals surface area contributed by atoms with Gasteiger partial charge in [-0.3, -0.25) is 24.3 Å². The lowest BCUT2D eigenvalue weighted by Crippen LogP contribution is -2.48. The number of amides is 5. The molecule has 51 heavy (non-hydrogen) atoms. The molecule has 0 aromatic heterocycles. The molecule has 2 fully saturated rings. The Morgan fingerprint density at radius 1 is 0.882 bits per heavy atom. The van der Waals surface area contributed by atoms with Crippen molar-refractivity contribution < 1.29 is 38.2 Å². The van der Waals surface area contributed by atoms with Crippen LogP contribution >= 0.6 is 0 Å². The number of nitrogens with two attached hydrogens (primary N) is 1. The van der Waals surface area contributed by atoms with Gasteiger partial charge in [0.25, 0.3) is 5.91 Å². The molecule has 6 rings (SSSR count). The van der Waals surface area contributed by atoms with Crippen LogP contribution in [0.15, 0.2) is 36.4 Å². The van der Waals surface area contributed by atoms with E-state index < -0.39 is 42.1 Å². The predicted octanol–water partition coefficient (Wildman–Crippen LogP) is 5.11. The predicted molar refractivity (Wildman–Crippen MR) is 191 cm³/mol. The third-order valence-corrected chi connectivity index (χ3v) is 10.0. The molecule has 4 unspecified atom stereocenters. The molecule has 274 valence electrons. The van der Waals surface area contributed by atoms with Gasteiger partial charge in [-0.2, -0.15) is 0 Å². The third kappa shape index (κ3) is 6.68. The molecule has 0 spiro atoms. The van der Waals surface area contributed by atoms with Crippen molar-refractivity contribution in [2.45, 2.75) is 104 Å². The second kappa shape index (κ2) is 13.7. The number of benzene rings is 2. The van der Waals surface area contributed by atoms with Gasteiger partial charge in [-0.05, 0) is 89.4 Å². The van der Waals surface area contributed by atoms with Crippen molar-refractivity contribution in [2.75, 3.05) is 45.8 Å². The van der Waals surface area contributed by atoms with Gasteiger partial charge in [0.2, 0.25) is 5.91 Å². The number of carbonyl (C=O) groups excluding carboxylic acids is 5. The van der Waals surface area contributed by atoms with E-state index in [-0.39, 0.29) is 56.5 Å². The number of hydrogen-bond acceptors (Lipinski definition) is 9. The molecule has 0 radical (unpaired) electrons. The largest absolute Gasteiger partial charge is 0.444 e. The number of rotatable bonds is 10. The van der Waals surface area contributed by atoms with E-state index in [0.717, 1.165) is 17.7 Å². The summed E-state index contributed by atoms with van der Waals surface area (Å²) >= 11 is 0. The van der Waals surface area contributed by atoms with E-state index in [1.807, 2.05) is 39.8 Å². The van der Waals surface area contributed by atoms with Gasteiger partial charge in [0.05, 0.1) is 26.1 Å². The molecule has 4 aliphatic heterocycles. The standard InChI is InChI=1S/C37H48N6O8/c1-8-21(3)42-29-12-10-24(14-23(29)15-31(42)44)40-19-27(50-35(40)47)20-41(36(48)51-37(5,6)7)32-28-16-25(39-18-26(17-38)49-34(39)46)11-13-30(28)43(33(32)45)22(4)9-2/h10-14,16,21-22,26-27,32H,8-9,15,17-20,38H2,1-7H3/t21?,22?,26?,27?,32-/m1/s1. The van der Waals surface area contributed by atoms with Crippen LogP contribution in [0.5, 0.6) is 0 Å². The number of ether oxygens (including phenoxy) is 3. The average molecular weight is 705 g/mol. The number of cyclic esters (lactones) is 2. The minimum Gasteiger partial charge on any atom is -0.444 e. The Hall–Kier alpha value is -4.85. The molecule has 4 aliphatic rings. The lowest BCUT2D eigenvalue weighted by Gasteiger charge is -2.33. The topological polar surface area (TPSA) is 155 Å². The highest BCUT2D eigenvalue weighted by molar-refractivity contribution is 6.07. The summed E-state index contributed by atoms with van der Waals surface area (Å²) in [5.74, 6) is -0.315. The van der Waals surface area contributed by atoms with Crippen LogP contribution in [-0.2, 0) is 30.2 Å². The maximum atomic E-state index is 14.4. The minimum absolute atomic E-state index is 0.0169. The van der Waals surface area contributed by atoms with Crippen molar-refractivity contribution in [3.63, 3.8) is 0 Å². The number of fused-ring (bicyclic) bond motifs is 2. The lowest BCUT2D eigenvalue weighted by molar-refractivity contribution is -0.124. The van der Waals surface area contributed by atoms with Gasteiger partial charge in [-0.25, -0.2) is 14.4 Å². The maximum Gasteiger partial charge on any atom is 0.414 e.